The lowest BCUT2D eigenvalue weighted by atomic mass is 10.0. The highest BCUT2D eigenvalue weighted by Gasteiger charge is 2.31. The molecule has 2 amide bonds. The molecule has 3 rings (SSSR count). The van der Waals surface area contributed by atoms with Gasteiger partial charge in [0.2, 0.25) is 11.7 Å². The molecule has 0 aliphatic rings. The molecule has 1 atom stereocenters. The van der Waals surface area contributed by atoms with Gasteiger partial charge in [0.15, 0.2) is 6.61 Å². The topological polar surface area (TPSA) is 111 Å². The molecule has 206 valence electrons. The first-order chi connectivity index (χ1) is 18.6. The molecule has 0 fully saturated rings. The number of nitrogens with zero attached hydrogens (tertiary/aromatic N) is 2. The summed E-state index contributed by atoms with van der Waals surface area (Å²) in [6.07, 6.45) is 0.262. The fourth-order valence-electron chi connectivity index (χ4n) is 3.90. The van der Waals surface area contributed by atoms with Crippen molar-refractivity contribution in [3.05, 3.63) is 98.0 Å². The molecule has 0 saturated heterocycles. The number of halogens is 2. The Morgan fingerprint density at radius 2 is 1.72 bits per heavy atom. The van der Waals surface area contributed by atoms with Gasteiger partial charge in [-0.15, -0.1) is 0 Å². The van der Waals surface area contributed by atoms with Crippen molar-refractivity contribution >= 4 is 40.7 Å². The average molecular weight is 574 g/mol. The standard InChI is InChI=1S/C28H29Cl2N3O6/c1-18(2)31-28(35)25(14-19-7-5-4-6-8-19)32(16-20-9-11-22(29)23(30)13-20)27(34)17-39-21-10-12-24(33(36)37)26(15-21)38-3/h4-13,15,18,25H,14,16-17H2,1-3H3,(H,31,35)/t25-/m1/s1. The first-order valence-electron chi connectivity index (χ1n) is 12.1. The highest BCUT2D eigenvalue weighted by atomic mass is 35.5. The van der Waals surface area contributed by atoms with E-state index in [1.165, 1.54) is 30.2 Å². The van der Waals surface area contributed by atoms with E-state index in [0.29, 0.717) is 15.6 Å². The Bertz CT molecular complexity index is 1320. The van der Waals surface area contributed by atoms with Gasteiger partial charge in [0.1, 0.15) is 11.8 Å². The van der Waals surface area contributed by atoms with Crippen LogP contribution in [0.3, 0.4) is 0 Å². The smallest absolute Gasteiger partial charge is 0.311 e. The van der Waals surface area contributed by atoms with E-state index < -0.39 is 23.5 Å². The number of nitrogens with one attached hydrogen (secondary N) is 1. The lowest BCUT2D eigenvalue weighted by Crippen LogP contribution is -2.52. The summed E-state index contributed by atoms with van der Waals surface area (Å²) in [6.45, 7) is 3.32. The van der Waals surface area contributed by atoms with Crippen LogP contribution in [-0.2, 0) is 22.6 Å². The molecule has 9 nitrogen and oxygen atoms in total. The van der Waals surface area contributed by atoms with Crippen molar-refractivity contribution in [3.63, 3.8) is 0 Å². The summed E-state index contributed by atoms with van der Waals surface area (Å²) in [5, 5.41) is 14.8. The Labute approximate surface area is 236 Å². The predicted octanol–water partition coefficient (Wildman–Crippen LogP) is 5.45. The number of carbonyl (C=O) groups excluding carboxylic acids is 2. The Morgan fingerprint density at radius 1 is 1.00 bits per heavy atom. The monoisotopic (exact) mass is 573 g/mol. The zero-order valence-corrected chi connectivity index (χ0v) is 23.2. The summed E-state index contributed by atoms with van der Waals surface area (Å²) in [6, 6.07) is 17.3. The second kappa shape index (κ2) is 13.8. The maximum Gasteiger partial charge on any atom is 0.311 e. The maximum atomic E-state index is 13.6. The van der Waals surface area contributed by atoms with Crippen LogP contribution in [0, 0.1) is 10.1 Å². The van der Waals surface area contributed by atoms with Crippen LogP contribution in [0.25, 0.3) is 0 Å². The minimum absolute atomic E-state index is 0.00382. The number of benzene rings is 3. The summed E-state index contributed by atoms with van der Waals surface area (Å²) in [5.74, 6) is -0.597. The Kier molecular flexibility index (Phi) is 10.5. The Balaban J connectivity index is 1.93. The summed E-state index contributed by atoms with van der Waals surface area (Å²) in [7, 11) is 1.30. The van der Waals surface area contributed by atoms with Crippen molar-refractivity contribution in [2.45, 2.75) is 38.9 Å². The maximum absolute atomic E-state index is 13.6. The van der Waals surface area contributed by atoms with Crippen LogP contribution < -0.4 is 14.8 Å². The zero-order chi connectivity index (χ0) is 28.5. The van der Waals surface area contributed by atoms with Crippen LogP contribution >= 0.6 is 23.2 Å². The van der Waals surface area contributed by atoms with Crippen LogP contribution in [0.2, 0.25) is 10.0 Å². The van der Waals surface area contributed by atoms with Gasteiger partial charge in [-0.05, 0) is 43.2 Å². The van der Waals surface area contributed by atoms with Crippen LogP contribution in [0.4, 0.5) is 5.69 Å². The number of ether oxygens (including phenoxy) is 2. The van der Waals surface area contributed by atoms with Gasteiger partial charge >= 0.3 is 5.69 Å². The Morgan fingerprint density at radius 3 is 2.33 bits per heavy atom. The molecule has 0 unspecified atom stereocenters. The van der Waals surface area contributed by atoms with E-state index in [0.717, 1.165) is 5.56 Å². The number of hydrogen-bond acceptors (Lipinski definition) is 6. The highest BCUT2D eigenvalue weighted by Crippen LogP contribution is 2.31. The summed E-state index contributed by atoms with van der Waals surface area (Å²) in [4.78, 5) is 39.1. The van der Waals surface area contributed by atoms with E-state index >= 15 is 0 Å². The van der Waals surface area contributed by atoms with E-state index in [4.69, 9.17) is 32.7 Å². The molecule has 3 aromatic rings. The third kappa shape index (κ3) is 8.33. The van der Waals surface area contributed by atoms with Gasteiger partial charge < -0.3 is 19.7 Å². The van der Waals surface area contributed by atoms with Crippen molar-refractivity contribution in [2.24, 2.45) is 0 Å². The first kappa shape index (κ1) is 29.7. The van der Waals surface area contributed by atoms with Gasteiger partial charge in [0.05, 0.1) is 22.1 Å². The number of rotatable bonds is 12. The summed E-state index contributed by atoms with van der Waals surface area (Å²) >= 11 is 12.3. The molecule has 3 aromatic carbocycles. The summed E-state index contributed by atoms with van der Waals surface area (Å²) in [5.41, 5.74) is 1.31. The van der Waals surface area contributed by atoms with Gasteiger partial charge in [0, 0.05) is 31.1 Å². The number of amides is 2. The van der Waals surface area contributed by atoms with Gasteiger partial charge in [0.25, 0.3) is 5.91 Å². The molecule has 0 aliphatic carbocycles. The predicted molar refractivity (Wildman–Crippen MR) is 149 cm³/mol. The van der Waals surface area contributed by atoms with Crippen molar-refractivity contribution in [2.75, 3.05) is 13.7 Å². The normalized spacial score (nSPS) is 11.5. The summed E-state index contributed by atoms with van der Waals surface area (Å²) < 4.78 is 10.8. The first-order valence-corrected chi connectivity index (χ1v) is 12.9. The largest absolute Gasteiger partial charge is 0.490 e. The quantitative estimate of drug-likeness (QED) is 0.227. The second-order valence-electron chi connectivity index (χ2n) is 9.02. The number of carbonyl (C=O) groups is 2. The molecule has 0 heterocycles. The van der Waals surface area contributed by atoms with Gasteiger partial charge in [-0.1, -0.05) is 59.6 Å². The van der Waals surface area contributed by atoms with Gasteiger partial charge in [-0.2, -0.15) is 0 Å². The van der Waals surface area contributed by atoms with Crippen LogP contribution in [0.15, 0.2) is 66.7 Å². The van der Waals surface area contributed by atoms with E-state index in [9.17, 15) is 19.7 Å². The van der Waals surface area contributed by atoms with E-state index in [1.807, 2.05) is 44.2 Å². The van der Waals surface area contributed by atoms with Crippen LogP contribution in [-0.4, -0.2) is 47.4 Å². The third-order valence-electron chi connectivity index (χ3n) is 5.75. The SMILES string of the molecule is COc1cc(OCC(=O)N(Cc2ccc(Cl)c(Cl)c2)[C@H](Cc2ccccc2)C(=O)NC(C)C)ccc1[N+](=O)[O-]. The van der Waals surface area contributed by atoms with Crippen molar-refractivity contribution in [1.29, 1.82) is 0 Å². The molecule has 0 radical (unpaired) electrons. The molecule has 39 heavy (non-hydrogen) atoms. The van der Waals surface area contributed by atoms with Crippen LogP contribution in [0.1, 0.15) is 25.0 Å². The fraction of sp³-hybridized carbons (Fsp3) is 0.286. The molecule has 0 aromatic heterocycles. The van der Waals surface area contributed by atoms with Crippen LogP contribution in [0.5, 0.6) is 11.5 Å². The molecule has 0 saturated carbocycles. The van der Waals surface area contributed by atoms with Gasteiger partial charge in [-0.3, -0.25) is 19.7 Å². The second-order valence-corrected chi connectivity index (χ2v) is 9.83. The molecular weight excluding hydrogens is 545 g/mol. The van der Waals surface area contributed by atoms with E-state index in [-0.39, 0.29) is 42.1 Å². The minimum Gasteiger partial charge on any atom is -0.490 e. The molecular formula is C28H29Cl2N3O6. The van der Waals surface area contributed by atoms with Crippen molar-refractivity contribution in [1.82, 2.24) is 10.2 Å². The fourth-order valence-corrected chi connectivity index (χ4v) is 4.22. The number of hydrogen-bond donors (Lipinski definition) is 1. The lowest BCUT2D eigenvalue weighted by Gasteiger charge is -2.32. The number of nitro groups is 1. The van der Waals surface area contributed by atoms with E-state index in [2.05, 4.69) is 5.32 Å². The lowest BCUT2D eigenvalue weighted by molar-refractivity contribution is -0.385. The highest BCUT2D eigenvalue weighted by molar-refractivity contribution is 6.42. The molecule has 0 spiro atoms. The molecule has 1 N–H and O–H groups in total. The molecule has 11 heteroatoms. The van der Waals surface area contributed by atoms with Crippen molar-refractivity contribution in [3.8, 4) is 11.5 Å². The van der Waals surface area contributed by atoms with Crippen molar-refractivity contribution < 1.29 is 24.0 Å². The minimum atomic E-state index is -0.869. The van der Waals surface area contributed by atoms with Gasteiger partial charge in [-0.25, -0.2) is 0 Å². The zero-order valence-electron chi connectivity index (χ0n) is 21.7. The third-order valence-corrected chi connectivity index (χ3v) is 6.49. The average Bonchev–Trinajstić information content (AvgIpc) is 2.91. The van der Waals surface area contributed by atoms with E-state index in [1.54, 1.807) is 18.2 Å². The Hall–Kier alpha value is -3.82. The molecule has 0 bridgehead atoms. The number of nitro benzene ring substituents is 1. The number of methoxy groups -OCH3 is 1. The molecule has 0 aliphatic heterocycles.